The molecule has 180 valence electrons. The smallest absolute Gasteiger partial charge is 0.418 e. The molecule has 1 fully saturated rings. The minimum absolute atomic E-state index is 0.0373. The van der Waals surface area contributed by atoms with Crippen LogP contribution in [-0.2, 0) is 11.0 Å². The van der Waals surface area contributed by atoms with Crippen LogP contribution in [0.4, 0.5) is 36.3 Å². The summed E-state index contributed by atoms with van der Waals surface area (Å²) in [5.41, 5.74) is 4.98. The van der Waals surface area contributed by atoms with E-state index in [-0.39, 0.29) is 29.3 Å². The predicted molar refractivity (Wildman–Crippen MR) is 124 cm³/mol. The Morgan fingerprint density at radius 1 is 1.21 bits per heavy atom. The van der Waals surface area contributed by atoms with Gasteiger partial charge in [-0.05, 0) is 49.2 Å². The Balaban J connectivity index is 1.74. The molecular formula is C23H25F3N6O2. The number of benzene rings is 2. The Morgan fingerprint density at radius 3 is 2.71 bits per heavy atom. The molecule has 1 saturated heterocycles. The molecule has 2 heterocycles. The molecule has 0 radical (unpaired) electrons. The molecule has 8 nitrogen and oxygen atoms in total. The summed E-state index contributed by atoms with van der Waals surface area (Å²) in [6.45, 7) is 2.73. The van der Waals surface area contributed by atoms with Crippen molar-refractivity contribution >= 4 is 40.0 Å². The number of carbonyl (C=O) groups is 1. The highest BCUT2D eigenvalue weighted by atomic mass is 19.4. The Hall–Kier alpha value is -3.76. The number of fused-ring (bicyclic) bond motifs is 1. The second-order valence-electron chi connectivity index (χ2n) is 8.16. The number of hydrogen-bond acceptors (Lipinski definition) is 7. The summed E-state index contributed by atoms with van der Waals surface area (Å²) < 4.78 is 45.2. The molecular weight excluding hydrogens is 449 g/mol. The highest BCUT2D eigenvalue weighted by molar-refractivity contribution is 5.92. The van der Waals surface area contributed by atoms with Crippen LogP contribution in [0.2, 0.25) is 0 Å². The van der Waals surface area contributed by atoms with Crippen LogP contribution >= 0.6 is 0 Å². The van der Waals surface area contributed by atoms with Gasteiger partial charge in [-0.25, -0.2) is 4.98 Å². The van der Waals surface area contributed by atoms with Crippen LogP contribution in [0.15, 0.2) is 36.4 Å². The second-order valence-corrected chi connectivity index (χ2v) is 8.16. The topological polar surface area (TPSA) is 105 Å². The quantitative estimate of drug-likeness (QED) is 0.479. The normalized spacial score (nSPS) is 16.4. The Morgan fingerprint density at radius 2 is 2.00 bits per heavy atom. The number of carbonyl (C=O) groups excluding carboxylic acids is 1. The maximum Gasteiger partial charge on any atom is 0.418 e. The van der Waals surface area contributed by atoms with Gasteiger partial charge in [0.25, 0.3) is 0 Å². The van der Waals surface area contributed by atoms with E-state index >= 15 is 0 Å². The number of aromatic nitrogens is 2. The van der Waals surface area contributed by atoms with Crippen molar-refractivity contribution in [3.05, 3.63) is 42.0 Å². The molecule has 1 atom stereocenters. The van der Waals surface area contributed by atoms with E-state index in [4.69, 9.17) is 10.5 Å². The number of hydrogen-bond donors (Lipinski definition) is 3. The van der Waals surface area contributed by atoms with Crippen molar-refractivity contribution in [3.8, 4) is 5.75 Å². The predicted octanol–water partition coefficient (Wildman–Crippen LogP) is 4.09. The lowest BCUT2D eigenvalue weighted by Gasteiger charge is -2.34. The van der Waals surface area contributed by atoms with Crippen LogP contribution in [0, 0.1) is 0 Å². The molecule has 1 amide bonds. The van der Waals surface area contributed by atoms with E-state index in [9.17, 15) is 18.0 Å². The van der Waals surface area contributed by atoms with Gasteiger partial charge in [-0.15, -0.1) is 0 Å². The summed E-state index contributed by atoms with van der Waals surface area (Å²) in [4.78, 5) is 22.7. The summed E-state index contributed by atoms with van der Waals surface area (Å²) in [7, 11) is 1.56. The van der Waals surface area contributed by atoms with Crippen LogP contribution in [0.5, 0.6) is 5.75 Å². The first-order valence-corrected chi connectivity index (χ1v) is 10.8. The molecule has 0 spiro atoms. The zero-order valence-corrected chi connectivity index (χ0v) is 18.7. The van der Waals surface area contributed by atoms with E-state index in [1.165, 1.54) is 19.1 Å². The van der Waals surface area contributed by atoms with E-state index in [0.29, 0.717) is 30.2 Å². The van der Waals surface area contributed by atoms with Gasteiger partial charge in [-0.3, -0.25) is 4.79 Å². The Bertz CT molecular complexity index is 1220. The number of rotatable bonds is 5. The number of piperidine rings is 1. The van der Waals surface area contributed by atoms with Crippen molar-refractivity contribution in [1.29, 1.82) is 0 Å². The molecule has 2 aromatic carbocycles. The molecule has 4 N–H and O–H groups in total. The van der Waals surface area contributed by atoms with Crippen LogP contribution in [0.25, 0.3) is 10.9 Å². The van der Waals surface area contributed by atoms with E-state index in [2.05, 4.69) is 20.6 Å². The van der Waals surface area contributed by atoms with Crippen LogP contribution < -0.4 is 26.0 Å². The van der Waals surface area contributed by atoms with Crippen molar-refractivity contribution in [2.24, 2.45) is 0 Å². The molecule has 11 heteroatoms. The van der Waals surface area contributed by atoms with Gasteiger partial charge in [0.1, 0.15) is 11.6 Å². The van der Waals surface area contributed by atoms with Crippen molar-refractivity contribution in [2.45, 2.75) is 32.0 Å². The minimum Gasteiger partial charge on any atom is -0.497 e. The average molecular weight is 474 g/mol. The van der Waals surface area contributed by atoms with E-state index in [1.54, 1.807) is 19.2 Å². The minimum atomic E-state index is -4.58. The maximum absolute atomic E-state index is 13.3. The molecule has 1 aliphatic rings. The summed E-state index contributed by atoms with van der Waals surface area (Å²) in [6.07, 6.45) is -2.89. The molecule has 0 saturated carbocycles. The van der Waals surface area contributed by atoms with Gasteiger partial charge >= 0.3 is 6.18 Å². The molecule has 34 heavy (non-hydrogen) atoms. The fourth-order valence-electron chi connectivity index (χ4n) is 4.10. The summed E-state index contributed by atoms with van der Waals surface area (Å²) in [5, 5.41) is 6.57. The summed E-state index contributed by atoms with van der Waals surface area (Å²) >= 11 is 0. The Labute approximate surface area is 194 Å². The SMILES string of the molecule is COc1ccc2nc(Nc3ccc(N)c(C(F)(F)F)c3)nc(N3CCCC(NC(C)=O)C3)c2c1. The number of methoxy groups -OCH3 is 1. The standard InChI is InChI=1S/C23H25F3N6O2/c1-13(33)28-15-4-3-9-32(12-15)21-17-11-16(34-2)6-8-20(17)30-22(31-21)29-14-5-7-19(27)18(10-14)23(24,25)26/h5-8,10-11,15H,3-4,9,12,27H2,1-2H3,(H,28,33)(H,29,30,31). The largest absolute Gasteiger partial charge is 0.497 e. The highest BCUT2D eigenvalue weighted by Crippen LogP contribution is 2.36. The third kappa shape index (κ3) is 5.08. The van der Waals surface area contributed by atoms with Gasteiger partial charge in [0.15, 0.2) is 0 Å². The lowest BCUT2D eigenvalue weighted by molar-refractivity contribution is -0.136. The number of ether oxygens (including phenoxy) is 1. The Kier molecular flexibility index (Phi) is 6.36. The van der Waals surface area contributed by atoms with Gasteiger partial charge < -0.3 is 26.0 Å². The third-order valence-corrected chi connectivity index (χ3v) is 5.63. The number of nitrogens with one attached hydrogen (secondary N) is 2. The number of anilines is 4. The number of amides is 1. The molecule has 1 aliphatic heterocycles. The number of alkyl halides is 3. The van der Waals surface area contributed by atoms with Gasteiger partial charge in [-0.1, -0.05) is 0 Å². The van der Waals surface area contributed by atoms with E-state index in [0.717, 1.165) is 24.3 Å². The number of halogens is 3. The number of nitrogen functional groups attached to an aromatic ring is 1. The third-order valence-electron chi connectivity index (χ3n) is 5.63. The molecule has 0 aliphatic carbocycles. The van der Waals surface area contributed by atoms with Crippen molar-refractivity contribution in [2.75, 3.05) is 36.1 Å². The van der Waals surface area contributed by atoms with E-state index in [1.807, 2.05) is 11.0 Å². The van der Waals surface area contributed by atoms with Crippen LogP contribution in [-0.4, -0.2) is 42.1 Å². The fourth-order valence-corrected chi connectivity index (χ4v) is 4.10. The van der Waals surface area contributed by atoms with Gasteiger partial charge in [0.05, 0.1) is 18.2 Å². The van der Waals surface area contributed by atoms with Gasteiger partial charge in [-0.2, -0.15) is 18.2 Å². The monoisotopic (exact) mass is 474 g/mol. The average Bonchev–Trinajstić information content (AvgIpc) is 2.78. The highest BCUT2D eigenvalue weighted by Gasteiger charge is 2.33. The van der Waals surface area contributed by atoms with Crippen molar-refractivity contribution in [1.82, 2.24) is 15.3 Å². The van der Waals surface area contributed by atoms with E-state index < -0.39 is 11.7 Å². The zero-order chi connectivity index (χ0) is 24.5. The lowest BCUT2D eigenvalue weighted by atomic mass is 10.0. The fraction of sp³-hybridized carbons (Fsp3) is 0.348. The molecule has 3 aromatic rings. The zero-order valence-electron chi connectivity index (χ0n) is 18.7. The maximum atomic E-state index is 13.3. The first-order valence-electron chi connectivity index (χ1n) is 10.8. The van der Waals surface area contributed by atoms with Crippen LogP contribution in [0.3, 0.4) is 0 Å². The molecule has 0 bridgehead atoms. The van der Waals surface area contributed by atoms with Crippen molar-refractivity contribution < 1.29 is 22.7 Å². The number of nitrogens with two attached hydrogens (primary N) is 1. The first kappa shape index (κ1) is 23.4. The summed E-state index contributed by atoms with van der Waals surface area (Å²) in [5.74, 6) is 1.27. The number of nitrogens with zero attached hydrogens (tertiary/aromatic N) is 3. The molecule has 1 unspecified atom stereocenters. The summed E-state index contributed by atoms with van der Waals surface area (Å²) in [6, 6.07) is 8.88. The second kappa shape index (κ2) is 9.24. The van der Waals surface area contributed by atoms with Crippen molar-refractivity contribution in [3.63, 3.8) is 0 Å². The van der Waals surface area contributed by atoms with Crippen LogP contribution in [0.1, 0.15) is 25.3 Å². The van der Waals surface area contributed by atoms with Gasteiger partial charge in [0.2, 0.25) is 11.9 Å². The first-order chi connectivity index (χ1) is 16.1. The molecule has 4 rings (SSSR count). The molecule has 1 aromatic heterocycles. The lowest BCUT2D eigenvalue weighted by Crippen LogP contribution is -2.47. The van der Waals surface area contributed by atoms with Gasteiger partial charge in [0, 0.05) is 42.8 Å².